The van der Waals surface area contributed by atoms with Gasteiger partial charge in [-0.05, 0) is 30.3 Å². The minimum atomic E-state index is -0.0202. The molecule has 0 N–H and O–H groups in total. The molecule has 0 aliphatic carbocycles. The van der Waals surface area contributed by atoms with Crippen LogP contribution in [-0.4, -0.2) is 41.9 Å². The van der Waals surface area contributed by atoms with E-state index in [2.05, 4.69) is 11.0 Å². The fourth-order valence-corrected chi connectivity index (χ4v) is 4.28. The second-order valence-corrected chi connectivity index (χ2v) is 8.10. The standard InChI is InChI=1S/C16H15Cl3N2OS/c17-12-7-11(8-13(18)9-12)16(22)21-5-3-20(4-6-21)10-14-1-2-15(19)23-14/h1-2,7-9H,3-6,10H2. The molecule has 1 aliphatic rings. The van der Waals surface area contributed by atoms with Gasteiger partial charge in [0.2, 0.25) is 0 Å². The first kappa shape index (κ1) is 17.1. The molecule has 1 amide bonds. The predicted octanol–water partition coefficient (Wildman–Crippen LogP) is 4.67. The quantitative estimate of drug-likeness (QED) is 0.762. The second-order valence-electron chi connectivity index (χ2n) is 5.43. The van der Waals surface area contributed by atoms with Gasteiger partial charge in [0.25, 0.3) is 5.91 Å². The van der Waals surface area contributed by atoms with Gasteiger partial charge in [0, 0.05) is 53.2 Å². The Kier molecular flexibility index (Phi) is 5.49. The molecule has 2 heterocycles. The molecule has 1 aromatic carbocycles. The van der Waals surface area contributed by atoms with Crippen LogP contribution in [0.15, 0.2) is 30.3 Å². The zero-order valence-corrected chi connectivity index (χ0v) is 15.4. The van der Waals surface area contributed by atoms with Gasteiger partial charge in [0.1, 0.15) is 0 Å². The van der Waals surface area contributed by atoms with E-state index in [0.717, 1.165) is 24.0 Å². The molecule has 0 saturated carbocycles. The van der Waals surface area contributed by atoms with Gasteiger partial charge >= 0.3 is 0 Å². The average Bonchev–Trinajstić information content (AvgIpc) is 2.91. The third-order valence-corrected chi connectivity index (χ3v) is 5.43. The highest BCUT2D eigenvalue weighted by Gasteiger charge is 2.23. The molecule has 0 spiro atoms. The van der Waals surface area contributed by atoms with Gasteiger partial charge in [0.05, 0.1) is 4.34 Å². The summed E-state index contributed by atoms with van der Waals surface area (Å²) in [5.74, 6) is -0.0202. The summed E-state index contributed by atoms with van der Waals surface area (Å²) >= 11 is 19.5. The van der Waals surface area contributed by atoms with Crippen molar-refractivity contribution in [2.75, 3.05) is 26.2 Å². The van der Waals surface area contributed by atoms with Gasteiger partial charge in [-0.3, -0.25) is 9.69 Å². The van der Waals surface area contributed by atoms with Crippen LogP contribution in [0, 0.1) is 0 Å². The van der Waals surface area contributed by atoms with Crippen LogP contribution in [0.4, 0.5) is 0 Å². The van der Waals surface area contributed by atoms with Crippen molar-refractivity contribution in [2.45, 2.75) is 6.54 Å². The summed E-state index contributed by atoms with van der Waals surface area (Å²) in [7, 11) is 0. The van der Waals surface area contributed by atoms with Crippen molar-refractivity contribution in [3.05, 3.63) is 55.2 Å². The molecule has 7 heteroatoms. The number of benzene rings is 1. The van der Waals surface area contributed by atoms with E-state index in [1.807, 2.05) is 11.0 Å². The van der Waals surface area contributed by atoms with E-state index in [0.29, 0.717) is 28.7 Å². The van der Waals surface area contributed by atoms with E-state index in [1.165, 1.54) is 4.88 Å². The van der Waals surface area contributed by atoms with Gasteiger partial charge in [-0.15, -0.1) is 11.3 Å². The summed E-state index contributed by atoms with van der Waals surface area (Å²) in [6.07, 6.45) is 0. The van der Waals surface area contributed by atoms with Crippen molar-refractivity contribution >= 4 is 52.0 Å². The van der Waals surface area contributed by atoms with Crippen LogP contribution in [0.5, 0.6) is 0 Å². The minimum Gasteiger partial charge on any atom is -0.336 e. The molecule has 23 heavy (non-hydrogen) atoms. The van der Waals surface area contributed by atoms with Gasteiger partial charge in [-0.1, -0.05) is 34.8 Å². The predicted molar refractivity (Wildman–Crippen MR) is 97.0 cm³/mol. The van der Waals surface area contributed by atoms with Gasteiger partial charge in [-0.25, -0.2) is 0 Å². The van der Waals surface area contributed by atoms with Crippen LogP contribution < -0.4 is 0 Å². The molecule has 122 valence electrons. The summed E-state index contributed by atoms with van der Waals surface area (Å²) < 4.78 is 0.812. The Morgan fingerprint density at radius 3 is 2.22 bits per heavy atom. The van der Waals surface area contributed by atoms with E-state index in [-0.39, 0.29) is 5.91 Å². The number of halogens is 3. The van der Waals surface area contributed by atoms with Crippen LogP contribution in [0.1, 0.15) is 15.2 Å². The highest BCUT2D eigenvalue weighted by molar-refractivity contribution is 7.16. The van der Waals surface area contributed by atoms with Crippen molar-refractivity contribution < 1.29 is 4.79 Å². The number of carbonyl (C=O) groups is 1. The first-order valence-electron chi connectivity index (χ1n) is 7.23. The summed E-state index contributed by atoms with van der Waals surface area (Å²) in [5.41, 5.74) is 0.543. The SMILES string of the molecule is O=C(c1cc(Cl)cc(Cl)c1)N1CCN(Cc2ccc(Cl)s2)CC1. The Morgan fingerprint density at radius 1 is 1.00 bits per heavy atom. The number of carbonyl (C=O) groups excluding carboxylic acids is 1. The van der Waals surface area contributed by atoms with Crippen LogP contribution in [0.25, 0.3) is 0 Å². The third kappa shape index (κ3) is 4.40. The number of nitrogens with zero attached hydrogens (tertiary/aromatic N) is 2. The lowest BCUT2D eigenvalue weighted by Crippen LogP contribution is -2.48. The van der Waals surface area contributed by atoms with Crippen molar-refractivity contribution in [3.63, 3.8) is 0 Å². The maximum absolute atomic E-state index is 12.5. The number of thiophene rings is 1. The molecule has 1 aromatic heterocycles. The Balaban J connectivity index is 1.58. The fraction of sp³-hybridized carbons (Fsp3) is 0.312. The normalized spacial score (nSPS) is 15.9. The lowest BCUT2D eigenvalue weighted by atomic mass is 10.2. The minimum absolute atomic E-state index is 0.0202. The molecule has 0 radical (unpaired) electrons. The zero-order valence-electron chi connectivity index (χ0n) is 12.3. The summed E-state index contributed by atoms with van der Waals surface area (Å²) in [5, 5.41) is 0.961. The van der Waals surface area contributed by atoms with Crippen LogP contribution in [-0.2, 0) is 6.54 Å². The maximum Gasteiger partial charge on any atom is 0.254 e. The fourth-order valence-electron chi connectivity index (χ4n) is 2.63. The van der Waals surface area contributed by atoms with Gasteiger partial charge in [-0.2, -0.15) is 0 Å². The van der Waals surface area contributed by atoms with Gasteiger partial charge in [0.15, 0.2) is 0 Å². The first-order chi connectivity index (χ1) is 11.0. The number of piperazine rings is 1. The van der Waals surface area contributed by atoms with E-state index in [4.69, 9.17) is 34.8 Å². The lowest BCUT2D eigenvalue weighted by molar-refractivity contribution is 0.0629. The van der Waals surface area contributed by atoms with Gasteiger partial charge < -0.3 is 4.90 Å². The molecular formula is C16H15Cl3N2OS. The Morgan fingerprint density at radius 2 is 1.65 bits per heavy atom. The Bertz CT molecular complexity index is 691. The van der Waals surface area contributed by atoms with E-state index in [9.17, 15) is 4.79 Å². The van der Waals surface area contributed by atoms with E-state index < -0.39 is 0 Å². The zero-order chi connectivity index (χ0) is 16.4. The number of amides is 1. The number of hydrogen-bond acceptors (Lipinski definition) is 3. The smallest absolute Gasteiger partial charge is 0.254 e. The monoisotopic (exact) mass is 388 g/mol. The van der Waals surface area contributed by atoms with Crippen LogP contribution in [0.2, 0.25) is 14.4 Å². The molecule has 1 fully saturated rings. The van der Waals surface area contributed by atoms with Crippen molar-refractivity contribution in [1.29, 1.82) is 0 Å². The lowest BCUT2D eigenvalue weighted by Gasteiger charge is -2.34. The van der Waals surface area contributed by atoms with Crippen LogP contribution >= 0.6 is 46.1 Å². The largest absolute Gasteiger partial charge is 0.336 e. The Hall–Kier alpha value is -0.780. The maximum atomic E-state index is 12.5. The Labute approximate surface area is 154 Å². The summed E-state index contributed by atoms with van der Waals surface area (Å²) in [6, 6.07) is 8.93. The van der Waals surface area contributed by atoms with Crippen molar-refractivity contribution in [3.8, 4) is 0 Å². The number of hydrogen-bond donors (Lipinski definition) is 0. The summed E-state index contributed by atoms with van der Waals surface area (Å²) in [6.45, 7) is 3.96. The van der Waals surface area contributed by atoms with Crippen LogP contribution in [0.3, 0.4) is 0 Å². The average molecular weight is 390 g/mol. The van der Waals surface area contributed by atoms with Crippen molar-refractivity contribution in [1.82, 2.24) is 9.80 Å². The molecule has 0 bridgehead atoms. The molecular weight excluding hydrogens is 375 g/mol. The summed E-state index contributed by atoms with van der Waals surface area (Å²) in [4.78, 5) is 18.0. The first-order valence-corrected chi connectivity index (χ1v) is 9.18. The molecule has 2 aromatic rings. The number of rotatable bonds is 3. The highest BCUT2D eigenvalue weighted by Crippen LogP contribution is 2.24. The third-order valence-electron chi connectivity index (χ3n) is 3.78. The van der Waals surface area contributed by atoms with E-state index in [1.54, 1.807) is 29.5 Å². The molecule has 3 rings (SSSR count). The highest BCUT2D eigenvalue weighted by atomic mass is 35.5. The molecule has 1 aliphatic heterocycles. The molecule has 1 saturated heterocycles. The topological polar surface area (TPSA) is 23.6 Å². The molecule has 0 atom stereocenters. The van der Waals surface area contributed by atoms with E-state index >= 15 is 0 Å². The molecule has 0 unspecified atom stereocenters. The second kappa shape index (κ2) is 7.41. The molecule has 3 nitrogen and oxygen atoms in total. The van der Waals surface area contributed by atoms with Crippen molar-refractivity contribution in [2.24, 2.45) is 0 Å².